The van der Waals surface area contributed by atoms with Crippen LogP contribution in [0.1, 0.15) is 12.0 Å². The van der Waals surface area contributed by atoms with Gasteiger partial charge >= 0.3 is 0 Å². The topological polar surface area (TPSA) is 72.5 Å². The zero-order valence-electron chi connectivity index (χ0n) is 13.4. The Balaban J connectivity index is 1.61. The van der Waals surface area contributed by atoms with Crippen molar-refractivity contribution in [1.29, 1.82) is 0 Å². The summed E-state index contributed by atoms with van der Waals surface area (Å²) in [6, 6.07) is 14.8. The normalized spacial score (nSPS) is 19.0. The van der Waals surface area contributed by atoms with E-state index in [-0.39, 0.29) is 17.4 Å². The summed E-state index contributed by atoms with van der Waals surface area (Å²) in [6.07, 6.45) is 0.392. The Morgan fingerprint density at radius 1 is 1.12 bits per heavy atom. The minimum atomic E-state index is -3.06. The van der Waals surface area contributed by atoms with Gasteiger partial charge in [-0.2, -0.15) is 0 Å². The van der Waals surface area contributed by atoms with Gasteiger partial charge in [-0.3, -0.25) is 4.79 Å². The molecule has 0 aromatic heterocycles. The summed E-state index contributed by atoms with van der Waals surface area (Å²) in [5.74, 6) is 0.744. The Bertz CT molecular complexity index is 844. The molecule has 0 radical (unpaired) electrons. The van der Waals surface area contributed by atoms with Crippen LogP contribution in [0.4, 0.5) is 5.69 Å². The van der Waals surface area contributed by atoms with Gasteiger partial charge in [-0.1, -0.05) is 12.1 Å². The lowest BCUT2D eigenvalue weighted by Crippen LogP contribution is -2.23. The molecule has 0 bridgehead atoms. The number of ether oxygens (including phenoxy) is 1. The smallest absolute Gasteiger partial charge is 0.228 e. The van der Waals surface area contributed by atoms with E-state index in [9.17, 15) is 13.2 Å². The van der Waals surface area contributed by atoms with Crippen molar-refractivity contribution in [2.75, 3.05) is 16.8 Å². The number of rotatable bonds is 4. The van der Waals surface area contributed by atoms with Gasteiger partial charge < -0.3 is 10.1 Å². The molecule has 1 aliphatic rings. The molecular weight excluding hydrogens is 326 g/mol. The summed E-state index contributed by atoms with van der Waals surface area (Å²) in [5.41, 5.74) is 1.74. The molecule has 0 aliphatic carbocycles. The third kappa shape index (κ3) is 4.14. The summed E-state index contributed by atoms with van der Waals surface area (Å²) in [5, 5.41) is 2.76. The average molecular weight is 345 g/mol. The lowest BCUT2D eigenvalue weighted by atomic mass is 10.1. The summed E-state index contributed by atoms with van der Waals surface area (Å²) in [6.45, 7) is 1.99. The van der Waals surface area contributed by atoms with Crippen LogP contribution in [0.25, 0.3) is 0 Å². The fourth-order valence-corrected chi connectivity index (χ4v) is 4.41. The molecule has 2 aromatic rings. The highest BCUT2D eigenvalue weighted by Gasteiger charge is 2.32. The van der Waals surface area contributed by atoms with E-state index >= 15 is 0 Å². The molecule has 126 valence electrons. The Morgan fingerprint density at radius 3 is 2.50 bits per heavy atom. The van der Waals surface area contributed by atoms with E-state index < -0.39 is 15.8 Å². The third-order valence-corrected chi connectivity index (χ3v) is 5.72. The molecule has 0 spiro atoms. The van der Waals surface area contributed by atoms with Gasteiger partial charge in [-0.05, 0) is 55.3 Å². The minimum Gasteiger partial charge on any atom is -0.457 e. The van der Waals surface area contributed by atoms with Crippen LogP contribution < -0.4 is 10.1 Å². The predicted octanol–water partition coefficient (Wildman–Crippen LogP) is 3.16. The second-order valence-electron chi connectivity index (χ2n) is 6.03. The lowest BCUT2D eigenvalue weighted by molar-refractivity contribution is -0.119. The van der Waals surface area contributed by atoms with Gasteiger partial charge in [-0.15, -0.1) is 0 Å². The van der Waals surface area contributed by atoms with Crippen LogP contribution in [0.5, 0.6) is 11.5 Å². The maximum atomic E-state index is 12.1. The lowest BCUT2D eigenvalue weighted by Gasteiger charge is -2.11. The van der Waals surface area contributed by atoms with Crippen molar-refractivity contribution in [3.8, 4) is 11.5 Å². The number of aryl methyl sites for hydroxylation is 1. The van der Waals surface area contributed by atoms with Gasteiger partial charge in [0.15, 0.2) is 9.84 Å². The number of carbonyl (C=O) groups is 1. The molecule has 0 saturated carbocycles. The molecule has 1 atom stereocenters. The molecule has 6 heteroatoms. The first-order valence-electron chi connectivity index (χ1n) is 7.77. The zero-order chi connectivity index (χ0) is 17.2. The molecule has 1 saturated heterocycles. The molecule has 3 rings (SSSR count). The van der Waals surface area contributed by atoms with Crippen LogP contribution in [0.3, 0.4) is 0 Å². The van der Waals surface area contributed by atoms with Crippen LogP contribution in [0.15, 0.2) is 48.5 Å². The second kappa shape index (κ2) is 6.65. The average Bonchev–Trinajstić information content (AvgIpc) is 2.90. The van der Waals surface area contributed by atoms with Crippen LogP contribution in [0.2, 0.25) is 0 Å². The highest BCUT2D eigenvalue weighted by Crippen LogP contribution is 2.25. The molecule has 1 heterocycles. The number of anilines is 1. The summed E-state index contributed by atoms with van der Waals surface area (Å²) in [4.78, 5) is 12.1. The summed E-state index contributed by atoms with van der Waals surface area (Å²) >= 11 is 0. The number of nitrogens with one attached hydrogen (secondary N) is 1. The van der Waals surface area contributed by atoms with E-state index in [1.54, 1.807) is 24.3 Å². The van der Waals surface area contributed by atoms with Gasteiger partial charge in [0.25, 0.3) is 0 Å². The number of sulfone groups is 1. The van der Waals surface area contributed by atoms with Crippen molar-refractivity contribution in [1.82, 2.24) is 0 Å². The Labute approximate surface area is 141 Å². The van der Waals surface area contributed by atoms with E-state index in [1.165, 1.54) is 0 Å². The van der Waals surface area contributed by atoms with Crippen LogP contribution in [0, 0.1) is 12.8 Å². The number of hydrogen-bond acceptors (Lipinski definition) is 4. The largest absolute Gasteiger partial charge is 0.457 e. The molecule has 2 aromatic carbocycles. The first-order valence-corrected chi connectivity index (χ1v) is 9.59. The van der Waals surface area contributed by atoms with Crippen molar-refractivity contribution in [3.05, 3.63) is 54.1 Å². The quantitative estimate of drug-likeness (QED) is 0.924. The number of hydrogen-bond donors (Lipinski definition) is 1. The molecule has 1 aliphatic heterocycles. The SMILES string of the molecule is Cc1cccc(Oc2ccc(NC(=O)[C@@H]3CCS(=O)(=O)C3)cc2)c1. The first-order chi connectivity index (χ1) is 11.4. The monoisotopic (exact) mass is 345 g/mol. The van der Waals surface area contributed by atoms with Gasteiger partial charge in [0.1, 0.15) is 11.5 Å². The highest BCUT2D eigenvalue weighted by atomic mass is 32.2. The number of carbonyl (C=O) groups excluding carboxylic acids is 1. The molecule has 1 fully saturated rings. The molecule has 1 amide bonds. The third-order valence-electron chi connectivity index (χ3n) is 3.95. The minimum absolute atomic E-state index is 0.0621. The number of benzene rings is 2. The van der Waals surface area contributed by atoms with Crippen molar-refractivity contribution < 1.29 is 17.9 Å². The van der Waals surface area contributed by atoms with E-state index in [2.05, 4.69) is 5.32 Å². The van der Waals surface area contributed by atoms with Crippen LogP contribution >= 0.6 is 0 Å². The fourth-order valence-electron chi connectivity index (χ4n) is 2.67. The van der Waals surface area contributed by atoms with Crippen molar-refractivity contribution >= 4 is 21.4 Å². The first kappa shape index (κ1) is 16.5. The number of amides is 1. The summed E-state index contributed by atoms with van der Waals surface area (Å²) in [7, 11) is -3.06. The summed E-state index contributed by atoms with van der Waals surface area (Å²) < 4.78 is 28.6. The van der Waals surface area contributed by atoms with E-state index in [0.717, 1.165) is 11.3 Å². The highest BCUT2D eigenvalue weighted by molar-refractivity contribution is 7.91. The molecule has 5 nitrogen and oxygen atoms in total. The van der Waals surface area contributed by atoms with Gasteiger partial charge in [0.05, 0.1) is 17.4 Å². The van der Waals surface area contributed by atoms with Gasteiger partial charge in [0.2, 0.25) is 5.91 Å². The second-order valence-corrected chi connectivity index (χ2v) is 8.26. The predicted molar refractivity (Wildman–Crippen MR) is 93.1 cm³/mol. The van der Waals surface area contributed by atoms with Crippen molar-refractivity contribution in [2.24, 2.45) is 5.92 Å². The van der Waals surface area contributed by atoms with E-state index in [1.807, 2.05) is 31.2 Å². The van der Waals surface area contributed by atoms with E-state index in [4.69, 9.17) is 4.74 Å². The van der Waals surface area contributed by atoms with Gasteiger partial charge in [0, 0.05) is 5.69 Å². The Kier molecular flexibility index (Phi) is 4.57. The zero-order valence-corrected chi connectivity index (χ0v) is 14.2. The van der Waals surface area contributed by atoms with Gasteiger partial charge in [-0.25, -0.2) is 8.42 Å². The van der Waals surface area contributed by atoms with Crippen molar-refractivity contribution in [3.63, 3.8) is 0 Å². The standard InChI is InChI=1S/C18H19NO4S/c1-13-3-2-4-17(11-13)23-16-7-5-15(6-8-16)19-18(20)14-9-10-24(21,22)12-14/h2-8,11,14H,9-10,12H2,1H3,(H,19,20)/t14-/m1/s1. The maximum Gasteiger partial charge on any atom is 0.228 e. The fraction of sp³-hybridized carbons (Fsp3) is 0.278. The molecule has 1 N–H and O–H groups in total. The molecule has 0 unspecified atom stereocenters. The Hall–Kier alpha value is -2.34. The van der Waals surface area contributed by atoms with Crippen LogP contribution in [-0.2, 0) is 14.6 Å². The maximum absolute atomic E-state index is 12.1. The molecular formula is C18H19NO4S. The molecule has 24 heavy (non-hydrogen) atoms. The Morgan fingerprint density at radius 2 is 1.88 bits per heavy atom. The van der Waals surface area contributed by atoms with E-state index in [0.29, 0.717) is 17.9 Å². The van der Waals surface area contributed by atoms with Crippen molar-refractivity contribution in [2.45, 2.75) is 13.3 Å². The van der Waals surface area contributed by atoms with Crippen LogP contribution in [-0.4, -0.2) is 25.8 Å².